The number of carbonyl (C=O) groups is 1. The molecule has 0 radical (unpaired) electrons. The summed E-state index contributed by atoms with van der Waals surface area (Å²) in [7, 11) is 1.40. The molecular weight excluding hydrogens is 382 g/mol. The molecule has 0 saturated heterocycles. The van der Waals surface area contributed by atoms with E-state index in [1.165, 1.54) is 57.3 Å². The quantitative estimate of drug-likeness (QED) is 0.402. The van der Waals surface area contributed by atoms with Crippen LogP contribution in [0, 0.1) is 5.41 Å². The summed E-state index contributed by atoms with van der Waals surface area (Å²) in [5.41, 5.74) is 5.93. The van der Waals surface area contributed by atoms with Gasteiger partial charge >= 0.3 is 5.97 Å². The minimum absolute atomic E-state index is 0.330. The normalized spacial score (nSPS) is 25.2. The first-order valence-electron chi connectivity index (χ1n) is 11.6. The smallest absolute Gasteiger partial charge is 0.330 e. The Kier molecular flexibility index (Phi) is 6.22. The van der Waals surface area contributed by atoms with Crippen LogP contribution < -0.4 is 5.32 Å². The molecule has 0 aliphatic heterocycles. The maximum Gasteiger partial charge on any atom is 0.330 e. The van der Waals surface area contributed by atoms with Crippen molar-refractivity contribution in [3.8, 4) is 0 Å². The van der Waals surface area contributed by atoms with E-state index in [1.54, 1.807) is 11.6 Å². The van der Waals surface area contributed by atoms with Crippen molar-refractivity contribution in [1.29, 1.82) is 0 Å². The van der Waals surface area contributed by atoms with E-state index in [0.717, 1.165) is 17.8 Å². The molecule has 3 aliphatic rings. The second-order valence-electron chi connectivity index (χ2n) is 9.89. The highest BCUT2D eigenvalue weighted by molar-refractivity contribution is 5.87. The van der Waals surface area contributed by atoms with E-state index in [1.807, 2.05) is 12.1 Å². The number of ether oxygens (including phenoxy) is 1. The average molecular weight is 418 g/mol. The van der Waals surface area contributed by atoms with E-state index in [2.05, 4.69) is 60.3 Å². The molecule has 0 unspecified atom stereocenters. The third-order valence-electron chi connectivity index (χ3n) is 7.76. The molecule has 1 N–H and O–H groups in total. The van der Waals surface area contributed by atoms with E-state index in [4.69, 9.17) is 0 Å². The van der Waals surface area contributed by atoms with Gasteiger partial charge in [-0.15, -0.1) is 0 Å². The summed E-state index contributed by atoms with van der Waals surface area (Å²) < 4.78 is 4.68. The summed E-state index contributed by atoms with van der Waals surface area (Å²) in [5, 5.41) is 3.69. The van der Waals surface area contributed by atoms with E-state index in [0.29, 0.717) is 16.7 Å². The molecule has 3 aliphatic carbocycles. The third-order valence-corrected chi connectivity index (χ3v) is 7.76. The number of hydrogen-bond donors (Lipinski definition) is 1. The van der Waals surface area contributed by atoms with Gasteiger partial charge in [0.25, 0.3) is 0 Å². The highest BCUT2D eigenvalue weighted by Crippen LogP contribution is 2.57. The van der Waals surface area contributed by atoms with Gasteiger partial charge in [0, 0.05) is 18.3 Å². The molecule has 31 heavy (non-hydrogen) atoms. The standard InChI is InChI=1S/C28H35NO2/c1-21(2)23-8-10-24(11-9-23)28-16-13-27(14-17-28,15-18-28)20-29-25-6-4-5-22(19-25)7-12-26(30)31-3/h4-12,19,21,29H,13-18,20H2,1-3H3/b12-7+. The second-order valence-corrected chi connectivity index (χ2v) is 9.89. The van der Waals surface area contributed by atoms with Crippen molar-refractivity contribution in [2.24, 2.45) is 5.41 Å². The van der Waals surface area contributed by atoms with Gasteiger partial charge in [-0.05, 0) is 90.2 Å². The molecule has 0 atom stereocenters. The fraction of sp³-hybridized carbons (Fsp3) is 0.464. The highest BCUT2D eigenvalue weighted by Gasteiger charge is 2.49. The van der Waals surface area contributed by atoms with Gasteiger partial charge < -0.3 is 10.1 Å². The third kappa shape index (κ3) is 4.71. The van der Waals surface area contributed by atoms with Crippen molar-refractivity contribution < 1.29 is 9.53 Å². The summed E-state index contributed by atoms with van der Waals surface area (Å²) in [4.78, 5) is 11.3. The van der Waals surface area contributed by atoms with Gasteiger partial charge in [0.1, 0.15) is 0 Å². The Labute approximate surface area is 186 Å². The van der Waals surface area contributed by atoms with Crippen molar-refractivity contribution in [3.05, 3.63) is 71.3 Å². The number of esters is 1. The van der Waals surface area contributed by atoms with Gasteiger partial charge in [0.15, 0.2) is 0 Å². The van der Waals surface area contributed by atoms with Gasteiger partial charge in [0.05, 0.1) is 7.11 Å². The zero-order valence-electron chi connectivity index (χ0n) is 19.1. The molecule has 0 amide bonds. The number of rotatable bonds is 7. The van der Waals surface area contributed by atoms with Crippen LogP contribution in [0.25, 0.3) is 6.08 Å². The fourth-order valence-electron chi connectivity index (χ4n) is 5.46. The summed E-state index contributed by atoms with van der Waals surface area (Å²) in [5.74, 6) is 0.265. The Morgan fingerprint density at radius 1 is 1.03 bits per heavy atom. The maximum atomic E-state index is 11.3. The number of hydrogen-bond acceptors (Lipinski definition) is 3. The number of carbonyl (C=O) groups excluding carboxylic acids is 1. The lowest BCUT2D eigenvalue weighted by atomic mass is 9.52. The van der Waals surface area contributed by atoms with Gasteiger partial charge in [-0.3, -0.25) is 0 Å². The van der Waals surface area contributed by atoms with Gasteiger partial charge in [-0.2, -0.15) is 0 Å². The first-order chi connectivity index (χ1) is 14.9. The highest BCUT2D eigenvalue weighted by atomic mass is 16.5. The topological polar surface area (TPSA) is 38.3 Å². The number of fused-ring (bicyclic) bond motifs is 3. The van der Waals surface area contributed by atoms with Crippen LogP contribution in [0.3, 0.4) is 0 Å². The van der Waals surface area contributed by atoms with E-state index in [9.17, 15) is 4.79 Å². The second kappa shape index (κ2) is 8.90. The molecule has 2 bridgehead atoms. The maximum absolute atomic E-state index is 11.3. The SMILES string of the molecule is COC(=O)/C=C/c1cccc(NCC23CCC(c4ccc(C(C)C)cc4)(CC2)CC3)c1. The van der Waals surface area contributed by atoms with E-state index >= 15 is 0 Å². The van der Waals surface area contributed by atoms with Crippen LogP contribution in [-0.4, -0.2) is 19.6 Å². The molecule has 3 fully saturated rings. The molecular formula is C28H35NO2. The Balaban J connectivity index is 1.37. The zero-order valence-corrected chi connectivity index (χ0v) is 19.1. The predicted molar refractivity (Wildman–Crippen MR) is 128 cm³/mol. The van der Waals surface area contributed by atoms with E-state index in [-0.39, 0.29) is 5.97 Å². The van der Waals surface area contributed by atoms with Crippen LogP contribution in [-0.2, 0) is 14.9 Å². The van der Waals surface area contributed by atoms with Gasteiger partial charge in [-0.25, -0.2) is 4.79 Å². The number of anilines is 1. The number of benzene rings is 2. The van der Waals surface area contributed by atoms with Crippen molar-refractivity contribution in [2.75, 3.05) is 19.0 Å². The zero-order chi connectivity index (χ0) is 21.9. The molecule has 0 aromatic heterocycles. The lowest BCUT2D eigenvalue weighted by Crippen LogP contribution is -2.47. The Morgan fingerprint density at radius 3 is 2.32 bits per heavy atom. The minimum Gasteiger partial charge on any atom is -0.466 e. The minimum atomic E-state index is -0.330. The molecule has 2 aromatic carbocycles. The van der Waals surface area contributed by atoms with Crippen molar-refractivity contribution in [2.45, 2.75) is 63.7 Å². The molecule has 5 rings (SSSR count). The lowest BCUT2D eigenvalue weighted by Gasteiger charge is -2.54. The van der Waals surface area contributed by atoms with Crippen molar-refractivity contribution in [3.63, 3.8) is 0 Å². The molecule has 0 spiro atoms. The molecule has 2 aromatic rings. The van der Waals surface area contributed by atoms with Crippen LogP contribution in [0.2, 0.25) is 0 Å². The molecule has 3 heteroatoms. The monoisotopic (exact) mass is 417 g/mol. The van der Waals surface area contributed by atoms with E-state index < -0.39 is 0 Å². The molecule has 0 heterocycles. The van der Waals surface area contributed by atoms with Gasteiger partial charge in [-0.1, -0.05) is 50.2 Å². The molecule has 3 saturated carbocycles. The average Bonchev–Trinajstić information content (AvgIpc) is 2.83. The van der Waals surface area contributed by atoms with Crippen LogP contribution in [0.4, 0.5) is 5.69 Å². The van der Waals surface area contributed by atoms with Crippen molar-refractivity contribution in [1.82, 2.24) is 0 Å². The lowest BCUT2D eigenvalue weighted by molar-refractivity contribution is -0.134. The van der Waals surface area contributed by atoms with Crippen LogP contribution in [0.15, 0.2) is 54.6 Å². The summed E-state index contributed by atoms with van der Waals surface area (Å²) in [6, 6.07) is 17.7. The largest absolute Gasteiger partial charge is 0.466 e. The molecule has 164 valence electrons. The Hall–Kier alpha value is -2.55. The fourth-order valence-corrected chi connectivity index (χ4v) is 5.46. The summed E-state index contributed by atoms with van der Waals surface area (Å²) >= 11 is 0. The van der Waals surface area contributed by atoms with Crippen LogP contribution >= 0.6 is 0 Å². The first-order valence-corrected chi connectivity index (χ1v) is 11.6. The predicted octanol–water partition coefficient (Wildman–Crippen LogP) is 6.70. The van der Waals surface area contributed by atoms with Crippen LogP contribution in [0.5, 0.6) is 0 Å². The number of nitrogens with one attached hydrogen (secondary N) is 1. The first kappa shape index (κ1) is 21.7. The molecule has 3 nitrogen and oxygen atoms in total. The summed E-state index contributed by atoms with van der Waals surface area (Å²) in [6.45, 7) is 5.56. The number of methoxy groups -OCH3 is 1. The van der Waals surface area contributed by atoms with Gasteiger partial charge in [0.2, 0.25) is 0 Å². The summed E-state index contributed by atoms with van der Waals surface area (Å²) in [6.07, 6.45) is 11.1. The van der Waals surface area contributed by atoms with Crippen molar-refractivity contribution >= 4 is 17.7 Å². The Bertz CT molecular complexity index is 917. The van der Waals surface area contributed by atoms with Crippen LogP contribution in [0.1, 0.15) is 75.0 Å². The Morgan fingerprint density at radius 2 is 1.71 bits per heavy atom.